The predicted molar refractivity (Wildman–Crippen MR) is 88.4 cm³/mol. The molecule has 3 atom stereocenters. The van der Waals surface area contributed by atoms with Crippen LogP contribution in [0, 0.1) is 22.8 Å². The van der Waals surface area contributed by atoms with E-state index in [1.807, 2.05) is 11.0 Å². The fraction of sp³-hybridized carbons (Fsp3) is 0.333. The van der Waals surface area contributed by atoms with Gasteiger partial charge in [0.2, 0.25) is 0 Å². The third-order valence-electron chi connectivity index (χ3n) is 5.03. The lowest BCUT2D eigenvalue weighted by Crippen LogP contribution is -2.43. The van der Waals surface area contributed by atoms with Gasteiger partial charge >= 0.3 is 0 Å². The number of hydrogen-bond acceptors (Lipinski definition) is 5. The topological polar surface area (TPSA) is 97.7 Å². The third-order valence-corrected chi connectivity index (χ3v) is 5.03. The number of fused-ring (bicyclic) bond motifs is 2. The molecule has 3 heterocycles. The number of benzene rings is 1. The van der Waals surface area contributed by atoms with E-state index in [9.17, 15) is 10.1 Å². The van der Waals surface area contributed by atoms with Gasteiger partial charge in [-0.05, 0) is 43.5 Å². The van der Waals surface area contributed by atoms with Crippen LogP contribution in [0.4, 0.5) is 0 Å². The average molecular weight is 332 g/mol. The van der Waals surface area contributed by atoms with Crippen molar-refractivity contribution in [3.63, 3.8) is 0 Å². The lowest BCUT2D eigenvalue weighted by Gasteiger charge is -2.21. The van der Waals surface area contributed by atoms with Gasteiger partial charge in [-0.1, -0.05) is 6.07 Å². The van der Waals surface area contributed by atoms with Crippen LogP contribution in [-0.4, -0.2) is 38.7 Å². The molecule has 4 rings (SSSR count). The Morgan fingerprint density at radius 2 is 2.16 bits per heavy atom. The van der Waals surface area contributed by atoms with E-state index in [1.54, 1.807) is 35.1 Å². The number of carbonyl (C=O) groups is 1. The van der Waals surface area contributed by atoms with Crippen LogP contribution in [0.25, 0.3) is 5.69 Å². The first kappa shape index (κ1) is 15.2. The third kappa shape index (κ3) is 2.60. The van der Waals surface area contributed by atoms with E-state index in [-0.39, 0.29) is 24.0 Å². The molecule has 0 unspecified atom stereocenters. The summed E-state index contributed by atoms with van der Waals surface area (Å²) in [6.07, 6.45) is 6.72. The molecule has 1 N–H and O–H groups in total. The zero-order valence-electron chi connectivity index (χ0n) is 13.5. The molecule has 0 aliphatic carbocycles. The van der Waals surface area contributed by atoms with Gasteiger partial charge in [0.15, 0.2) is 11.9 Å². The van der Waals surface area contributed by atoms with Gasteiger partial charge in [-0.25, -0.2) is 4.68 Å². The van der Waals surface area contributed by atoms with Crippen molar-refractivity contribution in [3.8, 4) is 17.9 Å². The maximum Gasteiger partial charge on any atom is 0.272 e. The monoisotopic (exact) mass is 332 g/mol. The van der Waals surface area contributed by atoms with Crippen LogP contribution in [0.5, 0.6) is 0 Å². The normalized spacial score (nSPS) is 23.9. The molecule has 1 amide bonds. The highest BCUT2D eigenvalue weighted by Crippen LogP contribution is 2.37. The molecule has 25 heavy (non-hydrogen) atoms. The first-order chi connectivity index (χ1) is 12.2. The van der Waals surface area contributed by atoms with Crippen LogP contribution in [0.15, 0.2) is 36.5 Å². The number of nitrogens with one attached hydrogen (secondary N) is 1. The number of nitrogens with zero attached hydrogens (tertiary/aromatic N) is 5. The second kappa shape index (κ2) is 5.95. The van der Waals surface area contributed by atoms with Gasteiger partial charge in [0.05, 0.1) is 29.4 Å². The zero-order chi connectivity index (χ0) is 17.4. The van der Waals surface area contributed by atoms with Gasteiger partial charge < -0.3 is 10.2 Å². The minimum absolute atomic E-state index is 0.00188. The van der Waals surface area contributed by atoms with Gasteiger partial charge in [-0.2, -0.15) is 15.6 Å². The van der Waals surface area contributed by atoms with Crippen LogP contribution in [-0.2, 0) is 0 Å². The maximum atomic E-state index is 12.5. The van der Waals surface area contributed by atoms with Crippen LogP contribution < -0.4 is 5.32 Å². The van der Waals surface area contributed by atoms with Crippen LogP contribution in [0.2, 0.25) is 0 Å². The molecule has 0 radical (unpaired) electrons. The average Bonchev–Trinajstić information content (AvgIpc) is 3.35. The minimum atomic E-state index is -0.231. The fourth-order valence-corrected chi connectivity index (χ4v) is 3.85. The highest BCUT2D eigenvalue weighted by molar-refractivity contribution is 5.92. The lowest BCUT2D eigenvalue weighted by atomic mass is 9.95. The Morgan fingerprint density at radius 3 is 2.92 bits per heavy atom. The van der Waals surface area contributed by atoms with Gasteiger partial charge in [-0.15, -0.1) is 0 Å². The van der Waals surface area contributed by atoms with Crippen molar-refractivity contribution in [2.75, 3.05) is 0 Å². The summed E-state index contributed by atoms with van der Waals surface area (Å²) in [6.45, 7) is 0. The van der Waals surface area contributed by atoms with Gasteiger partial charge in [0.1, 0.15) is 0 Å². The molecular weight excluding hydrogens is 316 g/mol. The van der Waals surface area contributed by atoms with E-state index < -0.39 is 0 Å². The molecule has 7 heteroatoms. The summed E-state index contributed by atoms with van der Waals surface area (Å²) in [5.41, 5.74) is 1.60. The predicted octanol–water partition coefficient (Wildman–Crippen LogP) is 1.56. The van der Waals surface area contributed by atoms with Crippen molar-refractivity contribution in [1.29, 1.82) is 10.5 Å². The second-order valence-electron chi connectivity index (χ2n) is 6.43. The van der Waals surface area contributed by atoms with Crippen molar-refractivity contribution in [2.45, 2.75) is 37.4 Å². The summed E-state index contributed by atoms with van der Waals surface area (Å²) in [5.74, 6) is -0.231. The molecule has 2 saturated heterocycles. The Morgan fingerprint density at radius 1 is 1.28 bits per heavy atom. The molecule has 2 aromatic rings. The summed E-state index contributed by atoms with van der Waals surface area (Å²) in [4.78, 5) is 14.3. The van der Waals surface area contributed by atoms with E-state index in [4.69, 9.17) is 5.26 Å². The molecule has 0 saturated carbocycles. The van der Waals surface area contributed by atoms with E-state index in [0.29, 0.717) is 11.3 Å². The first-order valence-electron chi connectivity index (χ1n) is 8.25. The summed E-state index contributed by atoms with van der Waals surface area (Å²) in [7, 11) is 0. The van der Waals surface area contributed by atoms with E-state index in [1.165, 1.54) is 0 Å². The summed E-state index contributed by atoms with van der Waals surface area (Å²) >= 11 is 0. The number of carbonyl (C=O) groups excluding carboxylic acids is 1. The van der Waals surface area contributed by atoms with E-state index in [0.717, 1.165) is 24.9 Å². The Bertz CT molecular complexity index is 905. The summed E-state index contributed by atoms with van der Waals surface area (Å²) < 4.78 is 1.58. The number of aromatic nitrogens is 2. The quantitative estimate of drug-likeness (QED) is 0.860. The Kier molecular flexibility index (Phi) is 3.62. The van der Waals surface area contributed by atoms with Crippen LogP contribution in [0.1, 0.15) is 35.3 Å². The maximum absolute atomic E-state index is 12.5. The fourth-order valence-electron chi connectivity index (χ4n) is 3.85. The highest BCUT2D eigenvalue weighted by atomic mass is 16.2. The summed E-state index contributed by atoms with van der Waals surface area (Å²) in [5, 5.41) is 25.5. The van der Waals surface area contributed by atoms with Gasteiger partial charge in [0.25, 0.3) is 5.91 Å². The molecule has 1 aromatic heterocycles. The molecule has 1 aromatic carbocycles. The van der Waals surface area contributed by atoms with Crippen LogP contribution >= 0.6 is 0 Å². The standard InChI is InChI=1S/C18H16N6O/c19-10-12-2-1-3-14(8-12)24-7-6-15(22-24)18(25)21-16-9-13-4-5-17(16)23(13)11-20/h1-3,6-8,13,16-17H,4-5,9H2,(H,21,25)/t13-,16+,17+/m0/s1. The first-order valence-corrected chi connectivity index (χ1v) is 8.25. The van der Waals surface area contributed by atoms with Crippen LogP contribution in [0.3, 0.4) is 0 Å². The molecule has 2 aliphatic rings. The van der Waals surface area contributed by atoms with Crippen molar-refractivity contribution in [1.82, 2.24) is 20.0 Å². The molecule has 2 fully saturated rings. The minimum Gasteiger partial charge on any atom is -0.346 e. The molecule has 7 nitrogen and oxygen atoms in total. The lowest BCUT2D eigenvalue weighted by molar-refractivity contribution is 0.0923. The number of amides is 1. The summed E-state index contributed by atoms with van der Waals surface area (Å²) in [6, 6.07) is 11.1. The van der Waals surface area contributed by atoms with E-state index in [2.05, 4.69) is 22.7 Å². The molecule has 2 bridgehead atoms. The Hall–Kier alpha value is -3.32. The second-order valence-corrected chi connectivity index (χ2v) is 6.43. The molecule has 2 aliphatic heterocycles. The number of rotatable bonds is 3. The molecule has 0 spiro atoms. The smallest absolute Gasteiger partial charge is 0.272 e. The number of nitriles is 2. The highest BCUT2D eigenvalue weighted by Gasteiger charge is 2.46. The van der Waals surface area contributed by atoms with Gasteiger partial charge in [-0.3, -0.25) is 4.79 Å². The van der Waals surface area contributed by atoms with Crippen molar-refractivity contribution in [2.24, 2.45) is 0 Å². The Balaban J connectivity index is 1.48. The van der Waals surface area contributed by atoms with E-state index >= 15 is 0 Å². The van der Waals surface area contributed by atoms with Crippen molar-refractivity contribution in [3.05, 3.63) is 47.8 Å². The number of hydrogen-bond donors (Lipinski definition) is 1. The van der Waals surface area contributed by atoms with Crippen molar-refractivity contribution < 1.29 is 4.79 Å². The zero-order valence-corrected chi connectivity index (χ0v) is 13.5. The molecule has 124 valence electrons. The SMILES string of the molecule is N#Cc1cccc(-n2ccc(C(=O)N[C@@H]3C[C@@H]4CC[C@H]3N4C#N)n2)c1. The Labute approximate surface area is 145 Å². The molecular formula is C18H16N6O. The van der Waals surface area contributed by atoms with Gasteiger partial charge in [0, 0.05) is 12.2 Å². The van der Waals surface area contributed by atoms with Crippen molar-refractivity contribution >= 4 is 5.91 Å². The largest absolute Gasteiger partial charge is 0.346 e.